The average Bonchev–Trinajstić information content (AvgIpc) is 2.77. The van der Waals surface area contributed by atoms with Gasteiger partial charge in [-0.05, 0) is 70.7 Å². The van der Waals surface area contributed by atoms with Crippen molar-refractivity contribution >= 4 is 20.4 Å². The minimum absolute atomic E-state index is 0.358. The summed E-state index contributed by atoms with van der Waals surface area (Å²) in [5, 5.41) is 0. The second-order valence-corrected chi connectivity index (χ2v) is 11.3. The quantitative estimate of drug-likeness (QED) is 0.355. The monoisotopic (exact) mass is 468 g/mol. The van der Waals surface area contributed by atoms with Crippen LogP contribution in [0.25, 0.3) is 0 Å². The summed E-state index contributed by atoms with van der Waals surface area (Å²) in [6, 6.07) is 22.0. The minimum Gasteiger partial charge on any atom is -0.200 e. The smallest absolute Gasteiger partial charge is 0.200 e. The maximum atomic E-state index is 13.4. The van der Waals surface area contributed by atoms with Crippen LogP contribution in [0.2, 0.25) is 0 Å². The molecule has 31 heavy (non-hydrogen) atoms. The lowest BCUT2D eigenvalue weighted by Gasteiger charge is -2.39. The molecule has 3 aromatic carbocycles. The fourth-order valence-corrected chi connectivity index (χ4v) is 7.87. The van der Waals surface area contributed by atoms with Crippen LogP contribution in [-0.2, 0) is 26.6 Å². The van der Waals surface area contributed by atoms with Crippen LogP contribution in [-0.4, -0.2) is 13.9 Å². The summed E-state index contributed by atoms with van der Waals surface area (Å²) in [4.78, 5) is 1.09. The first-order valence-electron chi connectivity index (χ1n) is 9.72. The van der Waals surface area contributed by atoms with Crippen LogP contribution in [0.4, 0.5) is 13.2 Å². The molecule has 0 bridgehead atoms. The van der Waals surface area contributed by atoms with E-state index in [2.05, 4.69) is 0 Å². The van der Waals surface area contributed by atoms with Gasteiger partial charge in [0.05, 0.1) is 0 Å². The molecule has 3 aromatic rings. The van der Waals surface area contributed by atoms with Crippen LogP contribution in [0.3, 0.4) is 0 Å². The van der Waals surface area contributed by atoms with Gasteiger partial charge >= 0.3 is 15.6 Å². The Labute approximate surface area is 182 Å². The molecule has 3 rings (SSSR count). The molecule has 0 heterocycles. The zero-order valence-corrected chi connectivity index (χ0v) is 18.7. The van der Waals surface area contributed by atoms with Crippen molar-refractivity contribution in [2.75, 3.05) is 0 Å². The number of alkyl halides is 3. The third-order valence-electron chi connectivity index (χ3n) is 4.88. The predicted molar refractivity (Wildman–Crippen MR) is 117 cm³/mol. The molecule has 0 saturated carbocycles. The highest BCUT2D eigenvalue weighted by molar-refractivity contribution is 8.33. The highest BCUT2D eigenvalue weighted by Gasteiger charge is 2.52. The van der Waals surface area contributed by atoms with Crippen LogP contribution in [0, 0.1) is 0 Å². The SMILES string of the molecule is CCc1ccc(S(OS(=O)(=O)C(F)(F)F)(c2ccccc2)c2ccc(CC)cc2)cc1. The summed E-state index contributed by atoms with van der Waals surface area (Å²) in [7, 11) is -9.13. The molecule has 0 saturated heterocycles. The predicted octanol–water partition coefficient (Wildman–Crippen LogP) is 6.87. The van der Waals surface area contributed by atoms with E-state index in [-0.39, 0.29) is 0 Å². The van der Waals surface area contributed by atoms with Crippen LogP contribution < -0.4 is 0 Å². The molecular formula is C23H23F3O3S2. The Morgan fingerprint density at radius 1 is 0.677 bits per heavy atom. The van der Waals surface area contributed by atoms with Crippen LogP contribution in [0.5, 0.6) is 0 Å². The summed E-state index contributed by atoms with van der Waals surface area (Å²) >= 11 is 0. The fraction of sp³-hybridized carbons (Fsp3) is 0.217. The number of hydrogen-bond acceptors (Lipinski definition) is 3. The van der Waals surface area contributed by atoms with Gasteiger partial charge in [0.15, 0.2) is 0 Å². The van der Waals surface area contributed by atoms with Gasteiger partial charge < -0.3 is 0 Å². The van der Waals surface area contributed by atoms with Gasteiger partial charge in [-0.1, -0.05) is 56.3 Å². The van der Waals surface area contributed by atoms with Crippen LogP contribution in [0.15, 0.2) is 93.5 Å². The van der Waals surface area contributed by atoms with E-state index in [1.165, 1.54) is 0 Å². The van der Waals surface area contributed by atoms with Crippen molar-refractivity contribution in [2.24, 2.45) is 0 Å². The second kappa shape index (κ2) is 9.06. The zero-order valence-electron chi connectivity index (χ0n) is 17.1. The first-order chi connectivity index (χ1) is 14.6. The summed E-state index contributed by atoms with van der Waals surface area (Å²) in [5.41, 5.74) is -3.59. The Balaban J connectivity index is 2.36. The molecule has 0 N–H and O–H groups in total. The maximum Gasteiger partial charge on any atom is 0.524 e. The molecule has 166 valence electrons. The molecule has 0 amide bonds. The molecular weight excluding hydrogens is 445 g/mol. The highest BCUT2D eigenvalue weighted by Crippen LogP contribution is 2.70. The third-order valence-corrected chi connectivity index (χ3v) is 9.79. The second-order valence-electron chi connectivity index (χ2n) is 6.83. The molecule has 0 aliphatic carbocycles. The number of hydrogen-bond donors (Lipinski definition) is 0. The Hall–Kier alpha value is -2.29. The Kier molecular flexibility index (Phi) is 6.83. The van der Waals surface area contributed by atoms with E-state index in [0.29, 0.717) is 14.7 Å². The molecule has 0 unspecified atom stereocenters. The van der Waals surface area contributed by atoms with Crippen molar-refractivity contribution in [3.8, 4) is 0 Å². The van der Waals surface area contributed by atoms with Gasteiger partial charge in [-0.2, -0.15) is 25.2 Å². The van der Waals surface area contributed by atoms with E-state index >= 15 is 0 Å². The lowest BCUT2D eigenvalue weighted by molar-refractivity contribution is -0.0496. The molecule has 0 fully saturated rings. The van der Waals surface area contributed by atoms with Gasteiger partial charge in [0.1, 0.15) is 0 Å². The van der Waals surface area contributed by atoms with Gasteiger partial charge in [-0.15, -0.1) is 0 Å². The van der Waals surface area contributed by atoms with E-state index in [9.17, 15) is 21.6 Å². The van der Waals surface area contributed by atoms with Gasteiger partial charge in [-0.3, -0.25) is 0 Å². The van der Waals surface area contributed by atoms with E-state index in [4.69, 9.17) is 3.63 Å². The molecule has 0 spiro atoms. The Bertz CT molecular complexity index is 1060. The number of benzene rings is 3. The maximum absolute atomic E-state index is 13.4. The van der Waals surface area contributed by atoms with Crippen molar-refractivity contribution in [1.29, 1.82) is 0 Å². The standard InChI is InChI=1S/C23H23F3O3S2/c1-3-18-10-14-21(15-11-18)30(20-8-6-5-7-9-20,29-31(27,28)23(24,25)26)22-16-12-19(4-2)13-17-22/h5-17H,3-4H2,1-2H3. The van der Waals surface area contributed by atoms with E-state index in [1.54, 1.807) is 78.9 Å². The van der Waals surface area contributed by atoms with Crippen molar-refractivity contribution in [1.82, 2.24) is 0 Å². The van der Waals surface area contributed by atoms with Gasteiger partial charge in [-0.25, -0.2) is 0 Å². The average molecular weight is 469 g/mol. The summed E-state index contributed by atoms with van der Waals surface area (Å²) in [6.07, 6.45) is 1.47. The van der Waals surface area contributed by atoms with E-state index in [0.717, 1.165) is 24.0 Å². The molecule has 0 aliphatic heterocycles. The van der Waals surface area contributed by atoms with Gasteiger partial charge in [0, 0.05) is 14.7 Å². The number of rotatable bonds is 7. The Morgan fingerprint density at radius 3 is 1.42 bits per heavy atom. The third kappa shape index (κ3) is 4.66. The lowest BCUT2D eigenvalue weighted by atomic mass is 10.2. The van der Waals surface area contributed by atoms with E-state index < -0.39 is 25.9 Å². The van der Waals surface area contributed by atoms with Crippen LogP contribution in [0.1, 0.15) is 25.0 Å². The minimum atomic E-state index is -5.89. The fourth-order valence-electron chi connectivity index (χ4n) is 3.14. The molecule has 3 nitrogen and oxygen atoms in total. The lowest BCUT2D eigenvalue weighted by Crippen LogP contribution is -2.27. The summed E-state index contributed by atoms with van der Waals surface area (Å²) in [6.45, 7) is 3.92. The molecule has 0 radical (unpaired) electrons. The molecule has 0 aromatic heterocycles. The number of aryl methyl sites for hydroxylation is 2. The van der Waals surface area contributed by atoms with Crippen molar-refractivity contribution in [3.63, 3.8) is 0 Å². The zero-order chi connectivity index (χ0) is 22.7. The first kappa shape index (κ1) is 23.4. The number of halogens is 3. The van der Waals surface area contributed by atoms with Gasteiger partial charge in [0.2, 0.25) is 0 Å². The van der Waals surface area contributed by atoms with Gasteiger partial charge in [0.25, 0.3) is 0 Å². The van der Waals surface area contributed by atoms with Crippen LogP contribution >= 0.6 is 10.3 Å². The first-order valence-corrected chi connectivity index (χ1v) is 12.7. The van der Waals surface area contributed by atoms with E-state index in [1.807, 2.05) is 13.8 Å². The largest absolute Gasteiger partial charge is 0.524 e. The summed E-state index contributed by atoms with van der Waals surface area (Å²) in [5.74, 6) is 0. The highest BCUT2D eigenvalue weighted by atomic mass is 32.3. The normalized spacial score (nSPS) is 13.2. The van der Waals surface area contributed by atoms with Crippen molar-refractivity contribution in [2.45, 2.75) is 46.9 Å². The molecule has 8 heteroatoms. The molecule has 0 aliphatic rings. The van der Waals surface area contributed by atoms with Crippen molar-refractivity contribution in [3.05, 3.63) is 90.0 Å². The summed E-state index contributed by atoms with van der Waals surface area (Å²) < 4.78 is 70.2. The van der Waals surface area contributed by atoms with Crippen molar-refractivity contribution < 1.29 is 25.2 Å². The Morgan fingerprint density at radius 2 is 1.06 bits per heavy atom. The topological polar surface area (TPSA) is 43.4 Å². The molecule has 0 atom stereocenters.